The summed E-state index contributed by atoms with van der Waals surface area (Å²) >= 11 is 8.34. The number of benzene rings is 2. The van der Waals surface area contributed by atoms with E-state index in [1.54, 1.807) is 0 Å². The number of anilines is 1. The molecule has 0 spiro atoms. The van der Waals surface area contributed by atoms with Crippen molar-refractivity contribution in [3.63, 3.8) is 0 Å². The van der Waals surface area contributed by atoms with Crippen molar-refractivity contribution in [2.24, 2.45) is 0 Å². The summed E-state index contributed by atoms with van der Waals surface area (Å²) in [4.78, 5) is 2.04. The molecule has 0 aliphatic rings. The van der Waals surface area contributed by atoms with Crippen LogP contribution in [0.2, 0.25) is 5.02 Å². The van der Waals surface area contributed by atoms with Crippen LogP contribution in [0.25, 0.3) is 0 Å². The van der Waals surface area contributed by atoms with Crippen molar-refractivity contribution >= 4 is 39.9 Å². The van der Waals surface area contributed by atoms with E-state index < -0.39 is 0 Å². The van der Waals surface area contributed by atoms with Gasteiger partial charge in [0.2, 0.25) is 0 Å². The molecule has 0 unspecified atom stereocenters. The fourth-order valence-corrected chi connectivity index (χ4v) is 2.39. The van der Waals surface area contributed by atoms with Gasteiger partial charge in [-0.25, -0.2) is 0 Å². The molecule has 0 saturated heterocycles. The minimum Gasteiger partial charge on any atom is -0.377 e. The van der Waals surface area contributed by atoms with Crippen LogP contribution >= 0.6 is 34.2 Å². The smallest absolute Gasteiger partial charge is 0.0521 e. The number of hydrogen-bond acceptors (Lipinski definition) is 1. The van der Waals surface area contributed by atoms with Gasteiger partial charge in [0.05, 0.1) is 5.69 Å². The maximum atomic E-state index is 6.05. The predicted molar refractivity (Wildman–Crippen MR) is 90.9 cm³/mol. The van der Waals surface area contributed by atoms with Crippen molar-refractivity contribution in [3.8, 4) is 11.8 Å². The van der Waals surface area contributed by atoms with E-state index in [9.17, 15) is 0 Å². The van der Waals surface area contributed by atoms with E-state index in [0.717, 1.165) is 20.4 Å². The lowest BCUT2D eigenvalue weighted by Gasteiger charge is -2.14. The fourth-order valence-electron chi connectivity index (χ4n) is 1.70. The van der Waals surface area contributed by atoms with Gasteiger partial charge in [-0.15, -0.1) is 0 Å². The monoisotopic (exact) mass is 381 g/mol. The lowest BCUT2D eigenvalue weighted by atomic mass is 10.1. The third-order valence-electron chi connectivity index (χ3n) is 2.65. The Hall–Kier alpha value is -1.18. The van der Waals surface area contributed by atoms with Crippen molar-refractivity contribution in [1.82, 2.24) is 0 Å². The van der Waals surface area contributed by atoms with Crippen LogP contribution in [0.15, 0.2) is 42.5 Å². The predicted octanol–water partition coefficient (Wildman–Crippen LogP) is 4.41. The Morgan fingerprint density at radius 1 is 1.00 bits per heavy atom. The van der Waals surface area contributed by atoms with E-state index in [1.807, 2.05) is 55.4 Å². The van der Waals surface area contributed by atoms with Crippen molar-refractivity contribution in [3.05, 3.63) is 62.2 Å². The molecule has 3 heteroatoms. The summed E-state index contributed by atoms with van der Waals surface area (Å²) in [5.74, 6) is 6.42. The molecule has 2 rings (SSSR count). The van der Waals surface area contributed by atoms with Gasteiger partial charge in [0.15, 0.2) is 0 Å². The maximum absolute atomic E-state index is 6.05. The molecule has 0 fully saturated rings. The number of nitrogens with zero attached hydrogens (tertiary/aromatic N) is 1. The van der Waals surface area contributed by atoms with Crippen LogP contribution in [0.1, 0.15) is 11.1 Å². The van der Waals surface area contributed by atoms with Gasteiger partial charge < -0.3 is 4.90 Å². The van der Waals surface area contributed by atoms with Gasteiger partial charge in [-0.2, -0.15) is 0 Å². The van der Waals surface area contributed by atoms with E-state index in [1.165, 1.54) is 0 Å². The molecule has 0 N–H and O–H groups in total. The van der Waals surface area contributed by atoms with Crippen molar-refractivity contribution in [1.29, 1.82) is 0 Å². The molecule has 0 heterocycles. The molecule has 0 amide bonds. The van der Waals surface area contributed by atoms with Crippen LogP contribution in [0.4, 0.5) is 5.69 Å². The normalized spacial score (nSPS) is 9.68. The minimum absolute atomic E-state index is 0.706. The Balaban J connectivity index is 2.45. The second-order valence-electron chi connectivity index (χ2n) is 4.29. The molecule has 96 valence electrons. The fraction of sp³-hybridized carbons (Fsp3) is 0.125. The second kappa shape index (κ2) is 6.31. The Kier molecular flexibility index (Phi) is 4.73. The number of rotatable bonds is 1. The van der Waals surface area contributed by atoms with Crippen LogP contribution in [0, 0.1) is 15.4 Å². The van der Waals surface area contributed by atoms with Crippen molar-refractivity contribution in [2.75, 3.05) is 19.0 Å². The van der Waals surface area contributed by atoms with E-state index in [-0.39, 0.29) is 0 Å². The largest absolute Gasteiger partial charge is 0.377 e. The third kappa shape index (κ3) is 3.65. The molecule has 2 aromatic rings. The van der Waals surface area contributed by atoms with Crippen LogP contribution < -0.4 is 4.90 Å². The lowest BCUT2D eigenvalue weighted by molar-refractivity contribution is 1.13. The highest BCUT2D eigenvalue weighted by Gasteiger charge is 2.03. The SMILES string of the molecule is CN(C)c1ccc(Cl)cc1C#Cc1ccccc1I. The van der Waals surface area contributed by atoms with Crippen LogP contribution in [0.5, 0.6) is 0 Å². The van der Waals surface area contributed by atoms with Gasteiger partial charge in [-0.3, -0.25) is 0 Å². The summed E-state index contributed by atoms with van der Waals surface area (Å²) in [6.07, 6.45) is 0. The van der Waals surface area contributed by atoms with Crippen LogP contribution in [0.3, 0.4) is 0 Å². The Labute approximate surface area is 132 Å². The number of halogens is 2. The van der Waals surface area contributed by atoms with Crippen LogP contribution in [-0.4, -0.2) is 14.1 Å². The molecular weight excluding hydrogens is 369 g/mol. The molecule has 0 saturated carbocycles. The van der Waals surface area contributed by atoms with E-state index in [0.29, 0.717) is 5.02 Å². The Morgan fingerprint density at radius 3 is 2.37 bits per heavy atom. The first-order chi connectivity index (χ1) is 9.08. The summed E-state index contributed by atoms with van der Waals surface area (Å²) < 4.78 is 1.15. The zero-order valence-electron chi connectivity index (χ0n) is 10.7. The molecule has 0 aliphatic heterocycles. The summed E-state index contributed by atoms with van der Waals surface area (Å²) in [6, 6.07) is 13.9. The maximum Gasteiger partial charge on any atom is 0.0521 e. The zero-order chi connectivity index (χ0) is 13.8. The van der Waals surface area contributed by atoms with E-state index in [4.69, 9.17) is 11.6 Å². The van der Waals surface area contributed by atoms with Gasteiger partial charge in [0, 0.05) is 33.8 Å². The van der Waals surface area contributed by atoms with Gasteiger partial charge in [-0.1, -0.05) is 35.6 Å². The average Bonchev–Trinajstić information content (AvgIpc) is 2.37. The Bertz CT molecular complexity index is 653. The number of hydrogen-bond donors (Lipinski definition) is 0. The first-order valence-corrected chi connectivity index (χ1v) is 7.27. The first kappa shape index (κ1) is 14.2. The standard InChI is InChI=1S/C16H13ClIN/c1-19(2)16-10-9-14(17)11-13(16)8-7-12-5-3-4-6-15(12)18/h3-6,9-11H,1-2H3. The molecular formula is C16H13ClIN. The molecule has 0 bridgehead atoms. The van der Waals surface area contributed by atoms with Crippen LogP contribution in [-0.2, 0) is 0 Å². The molecule has 2 aromatic carbocycles. The quantitative estimate of drug-likeness (QED) is 0.522. The van der Waals surface area contributed by atoms with Gasteiger partial charge >= 0.3 is 0 Å². The van der Waals surface area contributed by atoms with Crippen molar-refractivity contribution < 1.29 is 0 Å². The second-order valence-corrected chi connectivity index (χ2v) is 5.88. The minimum atomic E-state index is 0.706. The van der Waals surface area contributed by atoms with Crippen molar-refractivity contribution in [2.45, 2.75) is 0 Å². The molecule has 1 nitrogen and oxygen atoms in total. The Morgan fingerprint density at radius 2 is 1.68 bits per heavy atom. The highest BCUT2D eigenvalue weighted by atomic mass is 127. The molecule has 19 heavy (non-hydrogen) atoms. The first-order valence-electron chi connectivity index (χ1n) is 5.81. The topological polar surface area (TPSA) is 3.24 Å². The average molecular weight is 382 g/mol. The summed E-state index contributed by atoms with van der Waals surface area (Å²) in [5, 5.41) is 0.706. The molecule has 0 radical (unpaired) electrons. The highest BCUT2D eigenvalue weighted by molar-refractivity contribution is 14.1. The highest BCUT2D eigenvalue weighted by Crippen LogP contribution is 2.22. The van der Waals surface area contributed by atoms with E-state index in [2.05, 4.69) is 40.5 Å². The zero-order valence-corrected chi connectivity index (χ0v) is 13.7. The summed E-state index contributed by atoms with van der Waals surface area (Å²) in [6.45, 7) is 0. The molecule has 0 aliphatic carbocycles. The van der Waals surface area contributed by atoms with Gasteiger partial charge in [0.25, 0.3) is 0 Å². The lowest BCUT2D eigenvalue weighted by Crippen LogP contribution is -2.10. The molecule has 0 aromatic heterocycles. The summed E-state index contributed by atoms with van der Waals surface area (Å²) in [5.41, 5.74) is 3.05. The van der Waals surface area contributed by atoms with Gasteiger partial charge in [-0.05, 0) is 52.9 Å². The molecule has 0 atom stereocenters. The third-order valence-corrected chi connectivity index (χ3v) is 3.82. The van der Waals surface area contributed by atoms with Gasteiger partial charge in [0.1, 0.15) is 0 Å². The summed E-state index contributed by atoms with van der Waals surface area (Å²) in [7, 11) is 4.00. The van der Waals surface area contributed by atoms with E-state index >= 15 is 0 Å².